The van der Waals surface area contributed by atoms with Gasteiger partial charge in [0.1, 0.15) is 11.5 Å². The second kappa shape index (κ2) is 6.98. The summed E-state index contributed by atoms with van der Waals surface area (Å²) < 4.78 is 11.6. The highest BCUT2D eigenvalue weighted by atomic mass is 16.5. The molecule has 0 spiro atoms. The average Bonchev–Trinajstić information content (AvgIpc) is 2.45. The van der Waals surface area contributed by atoms with Gasteiger partial charge in [-0.2, -0.15) is 0 Å². The van der Waals surface area contributed by atoms with Crippen LogP contribution in [0.25, 0.3) is 0 Å². The van der Waals surface area contributed by atoms with Crippen molar-refractivity contribution in [3.8, 4) is 11.5 Å². The van der Waals surface area contributed by atoms with E-state index in [1.165, 1.54) is 12.0 Å². The highest BCUT2D eigenvalue weighted by Gasteiger charge is 2.26. The quantitative estimate of drug-likeness (QED) is 0.891. The molecular weight excluding hydrogens is 250 g/mol. The highest BCUT2D eigenvalue weighted by Crippen LogP contribution is 2.33. The Kier molecular flexibility index (Phi) is 5.30. The Morgan fingerprint density at radius 3 is 2.65 bits per heavy atom. The molecule has 1 aromatic rings. The Morgan fingerprint density at radius 1 is 1.20 bits per heavy atom. The summed E-state index contributed by atoms with van der Waals surface area (Å²) in [5.74, 6) is 3.38. The fourth-order valence-electron chi connectivity index (χ4n) is 2.89. The van der Waals surface area contributed by atoms with Crippen LogP contribution in [0.4, 0.5) is 0 Å². The first kappa shape index (κ1) is 15.2. The van der Waals surface area contributed by atoms with Gasteiger partial charge in [-0.05, 0) is 44.2 Å². The lowest BCUT2D eigenvalue weighted by Crippen LogP contribution is -2.29. The Morgan fingerprint density at radius 2 is 2.00 bits per heavy atom. The first-order valence-electron chi connectivity index (χ1n) is 7.62. The zero-order chi connectivity index (χ0) is 14.5. The van der Waals surface area contributed by atoms with E-state index in [4.69, 9.17) is 9.47 Å². The summed E-state index contributed by atoms with van der Waals surface area (Å²) in [6.45, 7) is 5.50. The normalized spacial score (nSPS) is 26.3. The van der Waals surface area contributed by atoms with Gasteiger partial charge in [-0.3, -0.25) is 0 Å². The van der Waals surface area contributed by atoms with E-state index in [9.17, 15) is 0 Å². The Labute approximate surface area is 122 Å². The zero-order valence-electron chi connectivity index (χ0n) is 13.1. The van der Waals surface area contributed by atoms with Gasteiger partial charge in [0.2, 0.25) is 0 Å². The lowest BCUT2D eigenvalue weighted by atomic mass is 9.80. The van der Waals surface area contributed by atoms with Crippen LogP contribution in [0.3, 0.4) is 0 Å². The predicted octanol–water partition coefficient (Wildman–Crippen LogP) is 3.62. The van der Waals surface area contributed by atoms with Crippen molar-refractivity contribution in [2.24, 2.45) is 11.8 Å². The number of hydrogen-bond acceptors (Lipinski definition) is 3. The van der Waals surface area contributed by atoms with Crippen LogP contribution in [0.2, 0.25) is 0 Å². The van der Waals surface area contributed by atoms with Crippen LogP contribution in [-0.2, 0) is 6.54 Å². The lowest BCUT2D eigenvalue weighted by molar-refractivity contribution is 0.0994. The zero-order valence-corrected chi connectivity index (χ0v) is 13.1. The molecule has 1 fully saturated rings. The minimum atomic E-state index is 0.337. The molecule has 3 heteroatoms. The fourth-order valence-corrected chi connectivity index (χ4v) is 2.89. The van der Waals surface area contributed by atoms with E-state index < -0.39 is 0 Å². The maximum absolute atomic E-state index is 6.28. The van der Waals surface area contributed by atoms with Gasteiger partial charge in [-0.1, -0.05) is 19.9 Å². The molecule has 0 radical (unpaired) electrons. The van der Waals surface area contributed by atoms with Gasteiger partial charge in [-0.15, -0.1) is 0 Å². The Hall–Kier alpha value is -1.22. The minimum absolute atomic E-state index is 0.337. The smallest absolute Gasteiger partial charge is 0.127 e. The monoisotopic (exact) mass is 277 g/mol. The van der Waals surface area contributed by atoms with Crippen LogP contribution in [0, 0.1) is 11.8 Å². The van der Waals surface area contributed by atoms with Crippen LogP contribution >= 0.6 is 0 Å². The number of rotatable bonds is 5. The number of hydrogen-bond donors (Lipinski definition) is 1. The molecule has 0 aromatic heterocycles. The molecule has 3 unspecified atom stereocenters. The lowest BCUT2D eigenvalue weighted by Gasteiger charge is -2.32. The van der Waals surface area contributed by atoms with Crippen molar-refractivity contribution in [2.45, 2.75) is 45.8 Å². The molecule has 3 atom stereocenters. The third-order valence-corrected chi connectivity index (χ3v) is 4.49. The summed E-state index contributed by atoms with van der Waals surface area (Å²) in [6.07, 6.45) is 3.90. The molecule has 20 heavy (non-hydrogen) atoms. The fraction of sp³-hybridized carbons (Fsp3) is 0.647. The first-order chi connectivity index (χ1) is 9.63. The van der Waals surface area contributed by atoms with E-state index in [0.29, 0.717) is 6.10 Å². The van der Waals surface area contributed by atoms with Crippen LogP contribution in [0.5, 0.6) is 11.5 Å². The van der Waals surface area contributed by atoms with Crippen molar-refractivity contribution in [2.75, 3.05) is 14.2 Å². The molecule has 1 saturated carbocycles. The van der Waals surface area contributed by atoms with Crippen molar-refractivity contribution in [1.29, 1.82) is 0 Å². The van der Waals surface area contributed by atoms with E-state index in [-0.39, 0.29) is 0 Å². The van der Waals surface area contributed by atoms with Gasteiger partial charge >= 0.3 is 0 Å². The van der Waals surface area contributed by atoms with Crippen LogP contribution in [0.1, 0.15) is 38.7 Å². The summed E-state index contributed by atoms with van der Waals surface area (Å²) >= 11 is 0. The van der Waals surface area contributed by atoms with E-state index in [0.717, 1.165) is 42.7 Å². The summed E-state index contributed by atoms with van der Waals surface area (Å²) in [5, 5.41) is 3.19. The average molecular weight is 277 g/mol. The highest BCUT2D eigenvalue weighted by molar-refractivity contribution is 5.40. The Bertz CT molecular complexity index is 433. The maximum Gasteiger partial charge on any atom is 0.127 e. The third kappa shape index (κ3) is 3.66. The van der Waals surface area contributed by atoms with Crippen molar-refractivity contribution in [3.63, 3.8) is 0 Å². The molecule has 0 heterocycles. The number of benzene rings is 1. The molecule has 0 bridgehead atoms. The summed E-state index contributed by atoms with van der Waals surface area (Å²) in [5.41, 5.74) is 1.19. The number of ether oxygens (including phenoxy) is 2. The Balaban J connectivity index is 2.10. The third-order valence-electron chi connectivity index (χ3n) is 4.49. The molecular formula is C17H27NO2. The van der Waals surface area contributed by atoms with E-state index >= 15 is 0 Å². The molecule has 0 aliphatic heterocycles. The van der Waals surface area contributed by atoms with Crippen LogP contribution in [0.15, 0.2) is 18.2 Å². The molecule has 1 aliphatic rings. The molecule has 2 rings (SSSR count). The SMILES string of the molecule is CNCc1ccc(OC)cc1OC1CCC(C)C(C)C1. The summed E-state index contributed by atoms with van der Waals surface area (Å²) in [6, 6.07) is 6.08. The van der Waals surface area contributed by atoms with Crippen LogP contribution in [-0.4, -0.2) is 20.3 Å². The topological polar surface area (TPSA) is 30.5 Å². The number of nitrogens with one attached hydrogen (secondary N) is 1. The standard InChI is InChI=1S/C17H27NO2/c1-12-5-7-16(9-13(12)2)20-17-10-15(19-4)8-6-14(17)11-18-3/h6,8,10,12-13,16,18H,5,7,9,11H2,1-4H3. The second-order valence-corrected chi connectivity index (χ2v) is 6.01. The second-order valence-electron chi connectivity index (χ2n) is 6.01. The van der Waals surface area contributed by atoms with Crippen molar-refractivity contribution in [1.82, 2.24) is 5.32 Å². The van der Waals surface area contributed by atoms with Gasteiger partial charge in [0.25, 0.3) is 0 Å². The van der Waals surface area contributed by atoms with Crippen molar-refractivity contribution in [3.05, 3.63) is 23.8 Å². The van der Waals surface area contributed by atoms with Gasteiger partial charge in [0.15, 0.2) is 0 Å². The van der Waals surface area contributed by atoms with E-state index in [1.54, 1.807) is 7.11 Å². The van der Waals surface area contributed by atoms with Gasteiger partial charge in [0, 0.05) is 18.2 Å². The van der Waals surface area contributed by atoms with Crippen molar-refractivity contribution >= 4 is 0 Å². The first-order valence-corrected chi connectivity index (χ1v) is 7.62. The van der Waals surface area contributed by atoms with Crippen molar-refractivity contribution < 1.29 is 9.47 Å². The largest absolute Gasteiger partial charge is 0.497 e. The molecule has 0 amide bonds. The van der Waals surface area contributed by atoms with Crippen LogP contribution < -0.4 is 14.8 Å². The molecule has 1 aliphatic carbocycles. The van der Waals surface area contributed by atoms with Gasteiger partial charge < -0.3 is 14.8 Å². The molecule has 112 valence electrons. The van der Waals surface area contributed by atoms with Gasteiger partial charge in [-0.25, -0.2) is 0 Å². The molecule has 1 aromatic carbocycles. The minimum Gasteiger partial charge on any atom is -0.497 e. The number of methoxy groups -OCH3 is 1. The van der Waals surface area contributed by atoms with Gasteiger partial charge in [0.05, 0.1) is 13.2 Å². The summed E-state index contributed by atoms with van der Waals surface area (Å²) in [4.78, 5) is 0. The van der Waals surface area contributed by atoms with E-state index in [2.05, 4.69) is 25.2 Å². The molecule has 3 nitrogen and oxygen atoms in total. The maximum atomic E-state index is 6.28. The molecule has 0 saturated heterocycles. The molecule has 1 N–H and O–H groups in total. The predicted molar refractivity (Wildman–Crippen MR) is 82.4 cm³/mol. The summed E-state index contributed by atoms with van der Waals surface area (Å²) in [7, 11) is 3.65. The van der Waals surface area contributed by atoms with E-state index in [1.807, 2.05) is 19.2 Å².